The van der Waals surface area contributed by atoms with E-state index in [4.69, 9.17) is 4.74 Å². The summed E-state index contributed by atoms with van der Waals surface area (Å²) in [6, 6.07) is 3.22. The van der Waals surface area contributed by atoms with E-state index >= 15 is 0 Å². The zero-order valence-electron chi connectivity index (χ0n) is 12.1. The molecule has 1 aromatic rings. The fourth-order valence-electron chi connectivity index (χ4n) is 2.38. The molecule has 1 aromatic carbocycles. The third kappa shape index (κ3) is 3.84. The largest absolute Gasteiger partial charge is 0.392 e. The van der Waals surface area contributed by atoms with E-state index in [1.54, 1.807) is 13.0 Å². The molecule has 7 heteroatoms. The van der Waals surface area contributed by atoms with E-state index in [2.05, 4.69) is 20.7 Å². The zero-order chi connectivity index (χ0) is 15.7. The van der Waals surface area contributed by atoms with Crippen molar-refractivity contribution in [2.45, 2.75) is 43.8 Å². The molecule has 2 N–H and O–H groups in total. The van der Waals surface area contributed by atoms with Gasteiger partial charge < -0.3 is 9.84 Å². The van der Waals surface area contributed by atoms with E-state index in [1.807, 2.05) is 6.92 Å². The fourth-order valence-corrected chi connectivity index (χ4v) is 4.49. The second kappa shape index (κ2) is 6.34. The summed E-state index contributed by atoms with van der Waals surface area (Å²) in [6.45, 7) is 4.35. The van der Waals surface area contributed by atoms with E-state index in [1.165, 1.54) is 6.07 Å². The van der Waals surface area contributed by atoms with Gasteiger partial charge in [-0.1, -0.05) is 15.9 Å². The summed E-state index contributed by atoms with van der Waals surface area (Å²) in [4.78, 5) is 0.183. The Labute approximate surface area is 133 Å². The van der Waals surface area contributed by atoms with Crippen LogP contribution in [-0.4, -0.2) is 32.3 Å². The monoisotopic (exact) mass is 377 g/mol. The lowest BCUT2D eigenvalue weighted by atomic mass is 10.0. The molecule has 0 spiro atoms. The first-order valence-corrected chi connectivity index (χ1v) is 9.08. The summed E-state index contributed by atoms with van der Waals surface area (Å²) in [6.07, 6.45) is 1.79. The molecule has 1 atom stereocenters. The highest BCUT2D eigenvalue weighted by Crippen LogP contribution is 2.28. The first-order valence-electron chi connectivity index (χ1n) is 6.81. The van der Waals surface area contributed by atoms with Crippen LogP contribution in [0.4, 0.5) is 0 Å². The van der Waals surface area contributed by atoms with E-state index in [0.717, 1.165) is 12.8 Å². The van der Waals surface area contributed by atoms with Gasteiger partial charge in [0.05, 0.1) is 17.1 Å². The Morgan fingerprint density at radius 3 is 2.76 bits per heavy atom. The average molecular weight is 378 g/mol. The van der Waals surface area contributed by atoms with Gasteiger partial charge in [-0.05, 0) is 49.9 Å². The topological polar surface area (TPSA) is 75.6 Å². The Kier molecular flexibility index (Phi) is 5.10. The Balaban J connectivity index is 2.25. The van der Waals surface area contributed by atoms with Gasteiger partial charge in [-0.25, -0.2) is 13.1 Å². The normalized spacial score (nSPS) is 22.7. The summed E-state index contributed by atoms with van der Waals surface area (Å²) in [5, 5.41) is 9.23. The van der Waals surface area contributed by atoms with Crippen LogP contribution in [0.15, 0.2) is 21.5 Å². The van der Waals surface area contributed by atoms with Crippen LogP contribution in [0, 0.1) is 6.92 Å². The highest BCUT2D eigenvalue weighted by Gasteiger charge is 2.32. The molecule has 1 aliphatic rings. The van der Waals surface area contributed by atoms with Crippen molar-refractivity contribution in [3.8, 4) is 0 Å². The molecule has 0 amide bonds. The molecule has 0 bridgehead atoms. The van der Waals surface area contributed by atoms with Gasteiger partial charge in [0.25, 0.3) is 0 Å². The number of rotatable bonds is 5. The van der Waals surface area contributed by atoms with Crippen molar-refractivity contribution < 1.29 is 18.3 Å². The minimum absolute atomic E-state index is 0.183. The molecule has 2 rings (SSSR count). The van der Waals surface area contributed by atoms with Crippen molar-refractivity contribution >= 4 is 26.0 Å². The van der Waals surface area contributed by atoms with Crippen LogP contribution >= 0.6 is 15.9 Å². The maximum Gasteiger partial charge on any atom is 0.240 e. The quantitative estimate of drug-likeness (QED) is 0.823. The average Bonchev–Trinajstić information content (AvgIpc) is 2.87. The second-order valence-corrected chi connectivity index (χ2v) is 8.18. The van der Waals surface area contributed by atoms with Gasteiger partial charge in [0.1, 0.15) is 0 Å². The van der Waals surface area contributed by atoms with Crippen molar-refractivity contribution in [1.82, 2.24) is 4.72 Å². The highest BCUT2D eigenvalue weighted by molar-refractivity contribution is 9.10. The minimum Gasteiger partial charge on any atom is -0.392 e. The number of hydrogen-bond acceptors (Lipinski definition) is 4. The van der Waals surface area contributed by atoms with Crippen molar-refractivity contribution in [3.05, 3.63) is 27.7 Å². The number of benzene rings is 1. The van der Waals surface area contributed by atoms with Crippen molar-refractivity contribution in [3.63, 3.8) is 0 Å². The second-order valence-electron chi connectivity index (χ2n) is 5.59. The van der Waals surface area contributed by atoms with E-state index in [-0.39, 0.29) is 18.0 Å². The number of hydrogen-bond donors (Lipinski definition) is 2. The molecule has 1 aliphatic heterocycles. The fraction of sp³-hybridized carbons (Fsp3) is 0.571. The molecule has 0 aliphatic carbocycles. The van der Waals surface area contributed by atoms with Crippen LogP contribution < -0.4 is 4.72 Å². The van der Waals surface area contributed by atoms with Crippen molar-refractivity contribution in [2.75, 3.05) is 13.2 Å². The standard InChI is InChI=1S/C14H20BrNO4S/c1-10-12(15)6-11(8-17)7-13(10)21(18,19)16-9-14(2)4-3-5-20-14/h6-7,16-17H,3-5,8-9H2,1-2H3. The summed E-state index contributed by atoms with van der Waals surface area (Å²) in [7, 11) is -3.64. The third-order valence-corrected chi connectivity index (χ3v) is 6.12. The van der Waals surface area contributed by atoms with Crippen LogP contribution in [0.5, 0.6) is 0 Å². The Morgan fingerprint density at radius 2 is 2.19 bits per heavy atom. The molecule has 0 saturated carbocycles. The maximum absolute atomic E-state index is 12.5. The predicted octanol–water partition coefficient (Wildman–Crippen LogP) is 2.10. The Morgan fingerprint density at radius 1 is 1.48 bits per heavy atom. The summed E-state index contributed by atoms with van der Waals surface area (Å²) in [5.41, 5.74) is 0.737. The van der Waals surface area contributed by atoms with Gasteiger partial charge >= 0.3 is 0 Å². The molecular weight excluding hydrogens is 358 g/mol. The van der Waals surface area contributed by atoms with Crippen LogP contribution in [0.2, 0.25) is 0 Å². The van der Waals surface area contributed by atoms with Crippen LogP contribution in [0.1, 0.15) is 30.9 Å². The predicted molar refractivity (Wildman–Crippen MR) is 83.6 cm³/mol. The number of ether oxygens (including phenoxy) is 1. The van der Waals surface area contributed by atoms with Crippen molar-refractivity contribution in [2.24, 2.45) is 0 Å². The lowest BCUT2D eigenvalue weighted by molar-refractivity contribution is 0.0250. The van der Waals surface area contributed by atoms with Crippen LogP contribution in [0.3, 0.4) is 0 Å². The van der Waals surface area contributed by atoms with Crippen LogP contribution in [-0.2, 0) is 21.4 Å². The lowest BCUT2D eigenvalue weighted by Gasteiger charge is -2.23. The molecule has 5 nitrogen and oxygen atoms in total. The van der Waals surface area contributed by atoms with E-state index < -0.39 is 15.6 Å². The highest BCUT2D eigenvalue weighted by atomic mass is 79.9. The molecule has 21 heavy (non-hydrogen) atoms. The third-order valence-electron chi connectivity index (χ3n) is 3.77. The van der Waals surface area contributed by atoms with Gasteiger partial charge in [0, 0.05) is 17.6 Å². The van der Waals surface area contributed by atoms with Gasteiger partial charge in [-0.3, -0.25) is 0 Å². The van der Waals surface area contributed by atoms with E-state index in [9.17, 15) is 13.5 Å². The summed E-state index contributed by atoms with van der Waals surface area (Å²) in [5.74, 6) is 0. The molecule has 0 radical (unpaired) electrons. The number of halogens is 1. The Bertz CT molecular complexity index is 624. The molecular formula is C14H20BrNO4S. The number of nitrogens with one attached hydrogen (secondary N) is 1. The number of aliphatic hydroxyl groups is 1. The molecule has 0 aromatic heterocycles. The Hall–Kier alpha value is -0.470. The number of aliphatic hydroxyl groups excluding tert-OH is 1. The first-order chi connectivity index (χ1) is 9.77. The molecule has 118 valence electrons. The van der Waals surface area contributed by atoms with Gasteiger partial charge in [-0.15, -0.1) is 0 Å². The lowest BCUT2D eigenvalue weighted by Crippen LogP contribution is -2.40. The molecule has 1 fully saturated rings. The van der Waals surface area contributed by atoms with Gasteiger partial charge in [-0.2, -0.15) is 0 Å². The smallest absolute Gasteiger partial charge is 0.240 e. The maximum atomic E-state index is 12.5. The van der Waals surface area contributed by atoms with Crippen LogP contribution in [0.25, 0.3) is 0 Å². The summed E-state index contributed by atoms with van der Waals surface area (Å²) < 4.78 is 33.9. The SMILES string of the molecule is Cc1c(Br)cc(CO)cc1S(=O)(=O)NCC1(C)CCCO1. The number of sulfonamides is 1. The van der Waals surface area contributed by atoms with E-state index in [0.29, 0.717) is 22.2 Å². The first kappa shape index (κ1) is 16.9. The van der Waals surface area contributed by atoms with Gasteiger partial charge in [0.15, 0.2) is 0 Å². The summed E-state index contributed by atoms with van der Waals surface area (Å²) >= 11 is 3.33. The minimum atomic E-state index is -3.64. The molecule has 1 unspecified atom stereocenters. The van der Waals surface area contributed by atoms with Crippen molar-refractivity contribution in [1.29, 1.82) is 0 Å². The van der Waals surface area contributed by atoms with Gasteiger partial charge in [0.2, 0.25) is 10.0 Å². The molecule has 1 heterocycles. The zero-order valence-corrected chi connectivity index (χ0v) is 14.6. The molecule has 1 saturated heterocycles.